The van der Waals surface area contributed by atoms with Crippen LogP contribution in [0, 0.1) is 5.92 Å². The van der Waals surface area contributed by atoms with Crippen molar-refractivity contribution in [2.45, 2.75) is 19.3 Å². The van der Waals surface area contributed by atoms with Gasteiger partial charge in [-0.15, -0.1) is 0 Å². The quantitative estimate of drug-likeness (QED) is 0.811. The third-order valence-corrected chi connectivity index (χ3v) is 3.27. The molecule has 2 rings (SSSR count). The molecule has 1 fully saturated rings. The molecule has 0 spiro atoms. The summed E-state index contributed by atoms with van der Waals surface area (Å²) in [5.74, 6) is 0.549. The van der Waals surface area contributed by atoms with Crippen LogP contribution in [0.15, 0.2) is 24.4 Å². The van der Waals surface area contributed by atoms with Crippen molar-refractivity contribution >= 4 is 0 Å². The van der Waals surface area contributed by atoms with Gasteiger partial charge in [0.25, 0.3) is 0 Å². The molecule has 0 amide bonds. The molecule has 1 atom stereocenters. The van der Waals surface area contributed by atoms with Gasteiger partial charge in [0, 0.05) is 18.4 Å². The zero-order chi connectivity index (χ0) is 11.2. The summed E-state index contributed by atoms with van der Waals surface area (Å²) in [5.41, 5.74) is 7.01. The van der Waals surface area contributed by atoms with E-state index in [1.54, 1.807) is 0 Å². The third kappa shape index (κ3) is 3.29. The molecule has 2 heterocycles. The van der Waals surface area contributed by atoms with E-state index in [0.29, 0.717) is 5.92 Å². The van der Waals surface area contributed by atoms with Gasteiger partial charge >= 0.3 is 0 Å². The first-order valence-corrected chi connectivity index (χ1v) is 6.21. The van der Waals surface area contributed by atoms with Crippen LogP contribution in [0.1, 0.15) is 18.5 Å². The van der Waals surface area contributed by atoms with Crippen LogP contribution in [0.5, 0.6) is 0 Å². The first-order valence-electron chi connectivity index (χ1n) is 6.21. The van der Waals surface area contributed by atoms with E-state index in [1.807, 2.05) is 18.3 Å². The summed E-state index contributed by atoms with van der Waals surface area (Å²) in [6.07, 6.45) is 5.56. The van der Waals surface area contributed by atoms with Crippen LogP contribution in [0.3, 0.4) is 0 Å². The van der Waals surface area contributed by atoms with Crippen molar-refractivity contribution in [1.82, 2.24) is 9.88 Å². The Morgan fingerprint density at radius 3 is 2.75 bits per heavy atom. The monoisotopic (exact) mass is 219 g/mol. The molecule has 2 N–H and O–H groups in total. The van der Waals surface area contributed by atoms with Gasteiger partial charge in [-0.1, -0.05) is 6.07 Å². The van der Waals surface area contributed by atoms with Crippen LogP contribution < -0.4 is 5.73 Å². The average molecular weight is 219 g/mol. The zero-order valence-electron chi connectivity index (χ0n) is 9.81. The number of nitrogens with zero attached hydrogens (tertiary/aromatic N) is 2. The fourth-order valence-electron chi connectivity index (χ4n) is 2.37. The Morgan fingerprint density at radius 1 is 1.31 bits per heavy atom. The molecule has 1 saturated heterocycles. The number of nitrogens with two attached hydrogens (primary N) is 1. The summed E-state index contributed by atoms with van der Waals surface area (Å²) >= 11 is 0. The second-order valence-corrected chi connectivity index (χ2v) is 4.63. The lowest BCUT2D eigenvalue weighted by Gasteiger charge is -2.21. The second-order valence-electron chi connectivity index (χ2n) is 4.63. The summed E-state index contributed by atoms with van der Waals surface area (Å²) in [6.45, 7) is 4.39. The number of hydrogen-bond acceptors (Lipinski definition) is 3. The van der Waals surface area contributed by atoms with Gasteiger partial charge in [0.1, 0.15) is 0 Å². The van der Waals surface area contributed by atoms with Crippen molar-refractivity contribution in [2.75, 3.05) is 26.2 Å². The summed E-state index contributed by atoms with van der Waals surface area (Å²) in [5, 5.41) is 0. The molecule has 1 aromatic heterocycles. The van der Waals surface area contributed by atoms with E-state index in [9.17, 15) is 0 Å². The van der Waals surface area contributed by atoms with Gasteiger partial charge in [-0.2, -0.15) is 0 Å². The fraction of sp³-hybridized carbons (Fsp3) is 0.615. The zero-order valence-corrected chi connectivity index (χ0v) is 9.81. The molecule has 0 radical (unpaired) electrons. The van der Waals surface area contributed by atoms with Crippen molar-refractivity contribution in [2.24, 2.45) is 11.7 Å². The van der Waals surface area contributed by atoms with Gasteiger partial charge in [0.15, 0.2) is 0 Å². The maximum absolute atomic E-state index is 5.84. The van der Waals surface area contributed by atoms with Crippen molar-refractivity contribution in [3.8, 4) is 0 Å². The predicted octanol–water partition coefficient (Wildman–Crippen LogP) is 1.29. The second kappa shape index (κ2) is 5.97. The Hall–Kier alpha value is -0.930. The van der Waals surface area contributed by atoms with Crippen molar-refractivity contribution < 1.29 is 0 Å². The van der Waals surface area contributed by atoms with E-state index in [0.717, 1.165) is 25.2 Å². The highest BCUT2D eigenvalue weighted by Gasteiger charge is 2.17. The van der Waals surface area contributed by atoms with Crippen LogP contribution in [0.2, 0.25) is 0 Å². The van der Waals surface area contributed by atoms with Crippen LogP contribution in [-0.4, -0.2) is 36.1 Å². The molecule has 3 heteroatoms. The van der Waals surface area contributed by atoms with Gasteiger partial charge < -0.3 is 10.6 Å². The van der Waals surface area contributed by atoms with E-state index in [1.165, 1.54) is 25.9 Å². The first kappa shape index (κ1) is 11.6. The van der Waals surface area contributed by atoms with Crippen molar-refractivity contribution in [3.05, 3.63) is 30.1 Å². The summed E-state index contributed by atoms with van der Waals surface area (Å²) in [6, 6.07) is 6.10. The highest BCUT2D eigenvalue weighted by Crippen LogP contribution is 2.12. The van der Waals surface area contributed by atoms with Crippen LogP contribution in [-0.2, 0) is 6.42 Å². The average Bonchev–Trinajstić information content (AvgIpc) is 2.82. The van der Waals surface area contributed by atoms with Gasteiger partial charge in [-0.25, -0.2) is 0 Å². The number of aromatic nitrogens is 1. The normalized spacial score (nSPS) is 18.8. The molecule has 3 nitrogen and oxygen atoms in total. The topological polar surface area (TPSA) is 42.1 Å². The lowest BCUT2D eigenvalue weighted by molar-refractivity contribution is 0.278. The van der Waals surface area contributed by atoms with E-state index in [2.05, 4.69) is 16.0 Å². The molecule has 1 aromatic rings. The maximum atomic E-state index is 5.84. The molecular weight excluding hydrogens is 198 g/mol. The molecule has 1 aliphatic heterocycles. The highest BCUT2D eigenvalue weighted by molar-refractivity contribution is 5.04. The first-order chi connectivity index (χ1) is 7.88. The molecule has 88 valence electrons. The molecule has 0 bridgehead atoms. The molecule has 0 saturated carbocycles. The van der Waals surface area contributed by atoms with E-state index in [4.69, 9.17) is 5.73 Å². The Bertz CT molecular complexity index is 293. The summed E-state index contributed by atoms with van der Waals surface area (Å²) < 4.78 is 0. The standard InChI is InChI=1S/C13H21N3/c14-10-12(11-16-7-3-4-8-16)9-13-5-1-2-6-15-13/h1-2,5-6,12H,3-4,7-11,14H2. The van der Waals surface area contributed by atoms with Crippen molar-refractivity contribution in [1.29, 1.82) is 0 Å². The van der Waals surface area contributed by atoms with Crippen LogP contribution in [0.25, 0.3) is 0 Å². The smallest absolute Gasteiger partial charge is 0.0407 e. The summed E-state index contributed by atoms with van der Waals surface area (Å²) in [4.78, 5) is 6.90. The third-order valence-electron chi connectivity index (χ3n) is 3.27. The molecule has 1 aliphatic rings. The minimum atomic E-state index is 0.549. The van der Waals surface area contributed by atoms with Crippen molar-refractivity contribution in [3.63, 3.8) is 0 Å². The van der Waals surface area contributed by atoms with Crippen LogP contribution >= 0.6 is 0 Å². The molecule has 0 aromatic carbocycles. The SMILES string of the molecule is NCC(Cc1ccccn1)CN1CCCC1. The number of hydrogen-bond donors (Lipinski definition) is 1. The Balaban J connectivity index is 1.85. The van der Waals surface area contributed by atoms with E-state index in [-0.39, 0.29) is 0 Å². The maximum Gasteiger partial charge on any atom is 0.0407 e. The molecular formula is C13H21N3. The Morgan fingerprint density at radius 2 is 2.12 bits per heavy atom. The predicted molar refractivity (Wildman–Crippen MR) is 66.2 cm³/mol. The summed E-state index contributed by atoms with van der Waals surface area (Å²) in [7, 11) is 0. The fourth-order valence-corrected chi connectivity index (χ4v) is 2.37. The Kier molecular flexibility index (Phi) is 4.31. The minimum absolute atomic E-state index is 0.549. The van der Waals surface area contributed by atoms with Gasteiger partial charge in [0.2, 0.25) is 0 Å². The number of rotatable bonds is 5. The van der Waals surface area contributed by atoms with E-state index < -0.39 is 0 Å². The molecule has 0 aliphatic carbocycles. The number of likely N-dealkylation sites (tertiary alicyclic amines) is 1. The lowest BCUT2D eigenvalue weighted by Crippen LogP contribution is -2.32. The van der Waals surface area contributed by atoms with Crippen LogP contribution in [0.4, 0.5) is 0 Å². The number of pyridine rings is 1. The lowest BCUT2D eigenvalue weighted by atomic mass is 10.0. The highest BCUT2D eigenvalue weighted by atomic mass is 15.1. The Labute approximate surface area is 97.7 Å². The largest absolute Gasteiger partial charge is 0.330 e. The molecule has 16 heavy (non-hydrogen) atoms. The van der Waals surface area contributed by atoms with E-state index >= 15 is 0 Å². The van der Waals surface area contributed by atoms with Gasteiger partial charge in [-0.05, 0) is 56.9 Å². The molecule has 1 unspecified atom stereocenters. The van der Waals surface area contributed by atoms with Gasteiger partial charge in [-0.3, -0.25) is 4.98 Å². The minimum Gasteiger partial charge on any atom is -0.330 e. The van der Waals surface area contributed by atoms with Gasteiger partial charge in [0.05, 0.1) is 0 Å².